The quantitative estimate of drug-likeness (QED) is 0.535. The molecule has 0 bridgehead atoms. The maximum Gasteiger partial charge on any atom is 0.433 e. The molecule has 0 atom stereocenters. The second-order valence-electron chi connectivity index (χ2n) is 6.61. The van der Waals surface area contributed by atoms with Crippen molar-refractivity contribution < 1.29 is 27.4 Å². The van der Waals surface area contributed by atoms with Crippen LogP contribution >= 0.6 is 12.2 Å². The van der Waals surface area contributed by atoms with Crippen LogP contribution in [0, 0.1) is 0 Å². The summed E-state index contributed by atoms with van der Waals surface area (Å²) in [4.78, 5) is 7.49. The highest BCUT2D eigenvalue weighted by atomic mass is 32.1. The van der Waals surface area contributed by atoms with Crippen molar-refractivity contribution >= 4 is 23.3 Å². The number of ether oxygens (including phenoxy) is 3. The molecule has 0 fully saturated rings. The number of hydrogen-bond acceptors (Lipinski definition) is 6. The van der Waals surface area contributed by atoms with E-state index in [0.717, 1.165) is 11.6 Å². The number of hydrogen-bond donors (Lipinski definition) is 2. The predicted molar refractivity (Wildman–Crippen MR) is 114 cm³/mol. The molecule has 0 saturated heterocycles. The average molecular weight is 462 g/mol. The molecule has 1 aliphatic rings. The number of benzene rings is 2. The summed E-state index contributed by atoms with van der Waals surface area (Å²) in [6.45, 7) is 1.25. The molecule has 7 nitrogen and oxygen atoms in total. The zero-order valence-corrected chi connectivity index (χ0v) is 17.3. The molecule has 2 heterocycles. The molecule has 1 aliphatic heterocycles. The van der Waals surface area contributed by atoms with Crippen molar-refractivity contribution in [2.24, 2.45) is 0 Å². The molecule has 0 radical (unpaired) electrons. The molecular weight excluding hydrogens is 445 g/mol. The van der Waals surface area contributed by atoms with Gasteiger partial charge in [0.2, 0.25) is 11.8 Å². The van der Waals surface area contributed by atoms with E-state index in [4.69, 9.17) is 26.4 Å². The van der Waals surface area contributed by atoms with Crippen LogP contribution in [0.15, 0.2) is 54.6 Å². The van der Waals surface area contributed by atoms with Crippen LogP contribution in [-0.2, 0) is 12.7 Å². The monoisotopic (exact) mass is 462 g/mol. The Labute approximate surface area is 186 Å². The topological polar surface area (TPSA) is 77.5 Å². The van der Waals surface area contributed by atoms with Crippen LogP contribution in [0.5, 0.6) is 23.1 Å². The molecule has 166 valence electrons. The number of halogens is 3. The predicted octanol–water partition coefficient (Wildman–Crippen LogP) is 4.55. The first kappa shape index (κ1) is 21.6. The van der Waals surface area contributed by atoms with Gasteiger partial charge >= 0.3 is 6.18 Å². The average Bonchev–Trinajstić information content (AvgIpc) is 2.77. The Balaban J connectivity index is 1.45. The largest absolute Gasteiger partial charge is 0.486 e. The Morgan fingerprint density at radius 1 is 1.00 bits per heavy atom. The van der Waals surface area contributed by atoms with Gasteiger partial charge in [-0.3, -0.25) is 0 Å². The molecule has 2 N–H and O–H groups in total. The van der Waals surface area contributed by atoms with Crippen molar-refractivity contribution in [1.29, 1.82) is 0 Å². The first-order valence-electron chi connectivity index (χ1n) is 9.49. The lowest BCUT2D eigenvalue weighted by Crippen LogP contribution is -2.29. The summed E-state index contributed by atoms with van der Waals surface area (Å²) in [5.74, 6) is 1.01. The highest BCUT2D eigenvalue weighted by Crippen LogP contribution is 2.32. The fraction of sp³-hybridized carbons (Fsp3) is 0.190. The fourth-order valence-electron chi connectivity index (χ4n) is 2.81. The Kier molecular flexibility index (Phi) is 6.26. The van der Waals surface area contributed by atoms with E-state index in [1.807, 2.05) is 6.07 Å². The molecule has 0 amide bonds. The zero-order chi connectivity index (χ0) is 22.6. The van der Waals surface area contributed by atoms with Crippen molar-refractivity contribution in [3.63, 3.8) is 0 Å². The molecule has 1 aromatic heterocycles. The van der Waals surface area contributed by atoms with Gasteiger partial charge in [-0.05, 0) is 42.0 Å². The molecule has 2 aromatic carbocycles. The molecule has 0 saturated carbocycles. The molecule has 3 aromatic rings. The first-order valence-corrected chi connectivity index (χ1v) is 9.90. The van der Waals surface area contributed by atoms with E-state index in [1.54, 1.807) is 42.5 Å². The first-order chi connectivity index (χ1) is 15.4. The van der Waals surface area contributed by atoms with Crippen LogP contribution in [0.1, 0.15) is 11.3 Å². The standard InChI is InChI=1S/C21H17F3N4O3S/c22-21(23,24)17-11-18(31-14-4-2-1-3-5-14)27-19(26-17)28-20(32)25-12-13-6-7-15-16(10-13)30-9-8-29-15/h1-7,10-11H,8-9,12H2,(H2,25,26,27,28,32). The minimum absolute atomic E-state index is 0.0462. The van der Waals surface area contributed by atoms with Crippen molar-refractivity contribution in [3.05, 3.63) is 65.9 Å². The van der Waals surface area contributed by atoms with Gasteiger partial charge in [-0.15, -0.1) is 0 Å². The second kappa shape index (κ2) is 9.27. The summed E-state index contributed by atoms with van der Waals surface area (Å²) in [6, 6.07) is 14.5. The maximum atomic E-state index is 13.3. The number of alkyl halides is 3. The van der Waals surface area contributed by atoms with Gasteiger partial charge in [0.15, 0.2) is 22.3 Å². The zero-order valence-electron chi connectivity index (χ0n) is 16.5. The smallest absolute Gasteiger partial charge is 0.433 e. The van der Waals surface area contributed by atoms with E-state index in [0.29, 0.717) is 37.0 Å². The van der Waals surface area contributed by atoms with Crippen molar-refractivity contribution in [2.45, 2.75) is 12.7 Å². The van der Waals surface area contributed by atoms with Gasteiger partial charge in [0, 0.05) is 12.6 Å². The summed E-state index contributed by atoms with van der Waals surface area (Å²) in [6.07, 6.45) is -4.69. The van der Waals surface area contributed by atoms with Crippen LogP contribution in [-0.4, -0.2) is 28.3 Å². The van der Waals surface area contributed by atoms with Crippen molar-refractivity contribution in [2.75, 3.05) is 18.5 Å². The normalized spacial score (nSPS) is 12.7. The Hall–Kier alpha value is -3.60. The number of nitrogens with one attached hydrogen (secondary N) is 2. The van der Waals surface area contributed by atoms with Gasteiger partial charge in [-0.1, -0.05) is 24.3 Å². The van der Waals surface area contributed by atoms with Gasteiger partial charge < -0.3 is 24.8 Å². The van der Waals surface area contributed by atoms with E-state index in [1.165, 1.54) is 0 Å². The van der Waals surface area contributed by atoms with E-state index < -0.39 is 11.9 Å². The minimum Gasteiger partial charge on any atom is -0.486 e. The van der Waals surface area contributed by atoms with Crippen molar-refractivity contribution in [1.82, 2.24) is 15.3 Å². The van der Waals surface area contributed by atoms with Gasteiger partial charge in [-0.2, -0.15) is 18.2 Å². The number of nitrogens with zero attached hydrogens (tertiary/aromatic N) is 2. The number of rotatable bonds is 5. The van der Waals surface area contributed by atoms with Gasteiger partial charge in [-0.25, -0.2) is 4.98 Å². The highest BCUT2D eigenvalue weighted by molar-refractivity contribution is 7.80. The second-order valence-corrected chi connectivity index (χ2v) is 7.02. The number of fused-ring (bicyclic) bond motifs is 1. The van der Waals surface area contributed by atoms with Gasteiger partial charge in [0.1, 0.15) is 19.0 Å². The third-order valence-corrected chi connectivity index (χ3v) is 4.49. The summed E-state index contributed by atoms with van der Waals surface area (Å²) in [5.41, 5.74) is -0.313. The minimum atomic E-state index is -4.69. The number of aromatic nitrogens is 2. The fourth-order valence-corrected chi connectivity index (χ4v) is 2.98. The van der Waals surface area contributed by atoms with E-state index in [9.17, 15) is 13.2 Å². The molecule has 0 aliphatic carbocycles. The summed E-state index contributed by atoms with van der Waals surface area (Å²) in [5, 5.41) is 5.53. The third-order valence-electron chi connectivity index (χ3n) is 4.24. The van der Waals surface area contributed by atoms with Crippen LogP contribution in [0.2, 0.25) is 0 Å². The van der Waals surface area contributed by atoms with Crippen molar-refractivity contribution in [3.8, 4) is 23.1 Å². The third kappa shape index (κ3) is 5.55. The number of para-hydroxylation sites is 1. The summed E-state index contributed by atoms with van der Waals surface area (Å²) < 4.78 is 56.3. The Bertz CT molecular complexity index is 1110. The maximum absolute atomic E-state index is 13.3. The Morgan fingerprint density at radius 2 is 1.75 bits per heavy atom. The van der Waals surface area contributed by atoms with Crippen LogP contribution in [0.3, 0.4) is 0 Å². The number of thiocarbonyl (C=S) groups is 1. The molecule has 32 heavy (non-hydrogen) atoms. The van der Waals surface area contributed by atoms with Crippen LogP contribution in [0.25, 0.3) is 0 Å². The van der Waals surface area contributed by atoms with Gasteiger partial charge in [0.05, 0.1) is 0 Å². The van der Waals surface area contributed by atoms with E-state index in [2.05, 4.69) is 20.6 Å². The summed E-state index contributed by atoms with van der Waals surface area (Å²) >= 11 is 5.19. The number of anilines is 1. The Morgan fingerprint density at radius 3 is 2.50 bits per heavy atom. The molecule has 0 spiro atoms. The van der Waals surface area contributed by atoms with Crippen LogP contribution in [0.4, 0.5) is 19.1 Å². The lowest BCUT2D eigenvalue weighted by molar-refractivity contribution is -0.141. The molecular formula is C21H17F3N4O3S. The van der Waals surface area contributed by atoms with Gasteiger partial charge in [0.25, 0.3) is 0 Å². The molecule has 11 heteroatoms. The SMILES string of the molecule is FC(F)(F)c1cc(Oc2ccccc2)nc(NC(=S)NCc2ccc3c(c2)OCCO3)n1. The van der Waals surface area contributed by atoms with E-state index in [-0.39, 0.29) is 16.9 Å². The van der Waals surface area contributed by atoms with E-state index >= 15 is 0 Å². The molecule has 0 unspecified atom stereocenters. The summed E-state index contributed by atoms with van der Waals surface area (Å²) in [7, 11) is 0. The lowest BCUT2D eigenvalue weighted by atomic mass is 10.2. The lowest BCUT2D eigenvalue weighted by Gasteiger charge is -2.19. The van der Waals surface area contributed by atoms with Crippen LogP contribution < -0.4 is 24.8 Å². The highest BCUT2D eigenvalue weighted by Gasteiger charge is 2.34. The molecule has 4 rings (SSSR count).